The van der Waals surface area contributed by atoms with Gasteiger partial charge in [-0.2, -0.15) is 0 Å². The maximum absolute atomic E-state index is 9.59. The zero-order valence-electron chi connectivity index (χ0n) is 8.02. The molecule has 14 heavy (non-hydrogen) atoms. The zero-order valence-corrected chi connectivity index (χ0v) is 8.02. The van der Waals surface area contributed by atoms with E-state index in [2.05, 4.69) is 10.1 Å². The second-order valence-electron chi connectivity index (χ2n) is 2.93. The number of hydrogen-bond acceptors (Lipinski definition) is 5. The number of hydrogen-bond donors (Lipinski definition) is 3. The molecule has 3 N–H and O–H groups in total. The number of oxime groups is 1. The first kappa shape index (κ1) is 10.5. The lowest BCUT2D eigenvalue weighted by Gasteiger charge is -2.09. The maximum atomic E-state index is 9.59. The smallest absolute Gasteiger partial charge is 0.146 e. The number of aromatic hydroxyl groups is 1. The van der Waals surface area contributed by atoms with Crippen LogP contribution in [0.25, 0.3) is 0 Å². The predicted molar refractivity (Wildman–Crippen MR) is 50.7 cm³/mol. The van der Waals surface area contributed by atoms with Crippen molar-refractivity contribution in [2.75, 3.05) is 0 Å². The molecule has 5 heteroatoms. The van der Waals surface area contributed by atoms with Gasteiger partial charge in [0.25, 0.3) is 0 Å². The van der Waals surface area contributed by atoms with Crippen molar-refractivity contribution in [3.05, 3.63) is 22.5 Å². The Morgan fingerprint density at radius 2 is 2.00 bits per heavy atom. The van der Waals surface area contributed by atoms with Crippen LogP contribution in [0, 0.1) is 13.8 Å². The standard InChI is InChI=1S/C9H12N2O3/c1-5-8(4-12)7(3-10-14)9(13)6(2)11-5/h3,12-14H,4H2,1-2H3/b10-3+. The van der Waals surface area contributed by atoms with Gasteiger partial charge < -0.3 is 15.4 Å². The molecule has 0 amide bonds. The zero-order chi connectivity index (χ0) is 10.7. The summed E-state index contributed by atoms with van der Waals surface area (Å²) in [6, 6.07) is 0. The van der Waals surface area contributed by atoms with Gasteiger partial charge in [0, 0.05) is 16.8 Å². The fourth-order valence-electron chi connectivity index (χ4n) is 1.30. The fourth-order valence-corrected chi connectivity index (χ4v) is 1.30. The molecule has 0 radical (unpaired) electrons. The third-order valence-electron chi connectivity index (χ3n) is 2.04. The van der Waals surface area contributed by atoms with Gasteiger partial charge in [0.15, 0.2) is 0 Å². The molecule has 1 heterocycles. The van der Waals surface area contributed by atoms with Crippen LogP contribution in [0.3, 0.4) is 0 Å². The van der Waals surface area contributed by atoms with E-state index in [-0.39, 0.29) is 12.4 Å². The van der Waals surface area contributed by atoms with Crippen molar-refractivity contribution in [2.24, 2.45) is 5.16 Å². The molecule has 0 unspecified atom stereocenters. The maximum Gasteiger partial charge on any atom is 0.146 e. The molecule has 0 bridgehead atoms. The fraction of sp³-hybridized carbons (Fsp3) is 0.333. The minimum absolute atomic E-state index is 0.0718. The first-order chi connectivity index (χ1) is 6.61. The van der Waals surface area contributed by atoms with Crippen LogP contribution in [0.5, 0.6) is 5.75 Å². The summed E-state index contributed by atoms with van der Waals surface area (Å²) >= 11 is 0. The van der Waals surface area contributed by atoms with E-state index in [1.165, 1.54) is 0 Å². The molecule has 1 aromatic heterocycles. The minimum atomic E-state index is -0.256. The second-order valence-corrected chi connectivity index (χ2v) is 2.93. The number of aromatic nitrogens is 1. The third-order valence-corrected chi connectivity index (χ3v) is 2.04. The van der Waals surface area contributed by atoms with Gasteiger partial charge in [-0.3, -0.25) is 4.98 Å². The Morgan fingerprint density at radius 1 is 1.36 bits per heavy atom. The van der Waals surface area contributed by atoms with E-state index in [1.54, 1.807) is 13.8 Å². The quantitative estimate of drug-likeness (QED) is 0.369. The van der Waals surface area contributed by atoms with Crippen LogP contribution in [-0.2, 0) is 6.61 Å². The molecule has 0 atom stereocenters. The van der Waals surface area contributed by atoms with Crippen molar-refractivity contribution in [3.8, 4) is 5.75 Å². The highest BCUT2D eigenvalue weighted by Gasteiger charge is 2.12. The Labute approximate surface area is 81.3 Å². The first-order valence-corrected chi connectivity index (χ1v) is 4.09. The van der Waals surface area contributed by atoms with E-state index in [9.17, 15) is 5.11 Å². The molecule has 1 rings (SSSR count). The topological polar surface area (TPSA) is 85.9 Å². The van der Waals surface area contributed by atoms with Crippen molar-refractivity contribution in [1.82, 2.24) is 4.98 Å². The number of nitrogens with zero attached hydrogens (tertiary/aromatic N) is 2. The molecule has 0 saturated heterocycles. The second kappa shape index (κ2) is 4.06. The molecule has 0 saturated carbocycles. The van der Waals surface area contributed by atoms with Crippen LogP contribution in [0.15, 0.2) is 5.16 Å². The molecule has 0 spiro atoms. The summed E-state index contributed by atoms with van der Waals surface area (Å²) in [4.78, 5) is 4.03. The molecule has 0 aliphatic heterocycles. The molecular weight excluding hydrogens is 184 g/mol. The number of aliphatic hydroxyl groups is 1. The van der Waals surface area contributed by atoms with Crippen molar-refractivity contribution in [2.45, 2.75) is 20.5 Å². The van der Waals surface area contributed by atoms with Crippen LogP contribution < -0.4 is 0 Å². The van der Waals surface area contributed by atoms with Crippen LogP contribution in [-0.4, -0.2) is 26.6 Å². The van der Waals surface area contributed by atoms with Crippen LogP contribution in [0.1, 0.15) is 22.5 Å². The van der Waals surface area contributed by atoms with Gasteiger partial charge in [0.2, 0.25) is 0 Å². The van der Waals surface area contributed by atoms with Gasteiger partial charge in [0.05, 0.1) is 18.5 Å². The highest BCUT2D eigenvalue weighted by Crippen LogP contribution is 2.24. The summed E-state index contributed by atoms with van der Waals surface area (Å²) in [5.41, 5.74) is 1.82. The van der Waals surface area contributed by atoms with Gasteiger partial charge in [-0.25, -0.2) is 0 Å². The Hall–Kier alpha value is -1.62. The Balaban J connectivity index is 3.47. The summed E-state index contributed by atoms with van der Waals surface area (Å²) in [6.07, 6.45) is 1.09. The number of pyridine rings is 1. The minimum Gasteiger partial charge on any atom is -0.505 e. The Bertz CT molecular complexity index is 375. The lowest BCUT2D eigenvalue weighted by molar-refractivity contribution is 0.279. The Kier molecular flexibility index (Phi) is 3.03. The van der Waals surface area contributed by atoms with Crippen molar-refractivity contribution in [3.63, 3.8) is 0 Å². The van der Waals surface area contributed by atoms with Gasteiger partial charge in [-0.15, -0.1) is 0 Å². The number of aryl methyl sites for hydroxylation is 2. The summed E-state index contributed by atoms with van der Waals surface area (Å²) < 4.78 is 0. The van der Waals surface area contributed by atoms with E-state index in [1.807, 2.05) is 0 Å². The van der Waals surface area contributed by atoms with Gasteiger partial charge in [0.1, 0.15) is 5.75 Å². The van der Waals surface area contributed by atoms with Gasteiger partial charge in [-0.1, -0.05) is 5.16 Å². The van der Waals surface area contributed by atoms with Crippen LogP contribution in [0.4, 0.5) is 0 Å². The molecule has 0 aliphatic rings. The van der Waals surface area contributed by atoms with Crippen LogP contribution >= 0.6 is 0 Å². The van der Waals surface area contributed by atoms with E-state index in [0.29, 0.717) is 22.5 Å². The van der Waals surface area contributed by atoms with E-state index in [0.717, 1.165) is 6.21 Å². The predicted octanol–water partition coefficient (Wildman–Crippen LogP) is 0.704. The largest absolute Gasteiger partial charge is 0.505 e. The SMILES string of the molecule is Cc1nc(C)c(CO)c(/C=N/O)c1O. The lowest BCUT2D eigenvalue weighted by atomic mass is 10.1. The molecule has 5 nitrogen and oxygen atoms in total. The van der Waals surface area contributed by atoms with Crippen molar-refractivity contribution in [1.29, 1.82) is 0 Å². The van der Waals surface area contributed by atoms with E-state index in [4.69, 9.17) is 10.3 Å². The van der Waals surface area contributed by atoms with Gasteiger partial charge >= 0.3 is 0 Å². The summed E-state index contributed by atoms with van der Waals surface area (Å²) in [5.74, 6) is -0.0718. The molecule has 0 fully saturated rings. The van der Waals surface area contributed by atoms with Gasteiger partial charge in [-0.05, 0) is 13.8 Å². The van der Waals surface area contributed by atoms with Crippen molar-refractivity contribution >= 4 is 6.21 Å². The average Bonchev–Trinajstić information content (AvgIpc) is 2.14. The van der Waals surface area contributed by atoms with E-state index < -0.39 is 0 Å². The van der Waals surface area contributed by atoms with Crippen LogP contribution in [0.2, 0.25) is 0 Å². The normalized spacial score (nSPS) is 11.1. The van der Waals surface area contributed by atoms with E-state index >= 15 is 0 Å². The first-order valence-electron chi connectivity index (χ1n) is 4.09. The number of rotatable bonds is 2. The number of aliphatic hydroxyl groups excluding tert-OH is 1. The molecular formula is C9H12N2O3. The summed E-state index contributed by atoms with van der Waals surface area (Å²) in [5, 5.41) is 29.9. The summed E-state index contributed by atoms with van der Waals surface area (Å²) in [6.45, 7) is 3.10. The Morgan fingerprint density at radius 3 is 2.50 bits per heavy atom. The molecule has 1 aromatic rings. The molecule has 76 valence electrons. The third kappa shape index (κ3) is 1.67. The molecule has 0 aromatic carbocycles. The lowest BCUT2D eigenvalue weighted by Crippen LogP contribution is -2.02. The summed E-state index contributed by atoms with van der Waals surface area (Å²) in [7, 11) is 0. The highest BCUT2D eigenvalue weighted by atomic mass is 16.4. The molecule has 0 aliphatic carbocycles. The average molecular weight is 196 g/mol. The highest BCUT2D eigenvalue weighted by molar-refractivity contribution is 5.85. The van der Waals surface area contributed by atoms with Crippen molar-refractivity contribution < 1.29 is 15.4 Å². The monoisotopic (exact) mass is 196 g/mol.